The molecule has 3 atom stereocenters. The van der Waals surface area contributed by atoms with Crippen LogP contribution in [-0.4, -0.2) is 23.0 Å². The fourth-order valence-electron chi connectivity index (χ4n) is 2.64. The molecule has 1 heterocycles. The van der Waals surface area contributed by atoms with Crippen LogP contribution < -0.4 is 5.73 Å². The lowest BCUT2D eigenvalue weighted by Crippen LogP contribution is -2.39. The number of nitrogens with two attached hydrogens (primary N) is 1. The highest BCUT2D eigenvalue weighted by Crippen LogP contribution is 2.30. The quantitative estimate of drug-likeness (QED) is 0.913. The van der Waals surface area contributed by atoms with Crippen molar-refractivity contribution >= 4 is 11.6 Å². The van der Waals surface area contributed by atoms with Crippen LogP contribution in [0.1, 0.15) is 37.2 Å². The molecule has 0 aliphatic carbocycles. The number of hydrogen-bond donors (Lipinski definition) is 1. The molecule has 112 valence electrons. The van der Waals surface area contributed by atoms with E-state index in [4.69, 9.17) is 17.3 Å². The highest BCUT2D eigenvalue weighted by molar-refractivity contribution is 6.30. The van der Waals surface area contributed by atoms with E-state index in [-0.39, 0.29) is 18.1 Å². The Labute approximate surface area is 131 Å². The maximum atomic E-state index is 6.21. The molecule has 0 amide bonds. The smallest absolute Gasteiger partial charge is 0.0673 e. The van der Waals surface area contributed by atoms with Gasteiger partial charge in [0.2, 0.25) is 0 Å². The molecular weight excluding hydrogens is 282 g/mol. The van der Waals surface area contributed by atoms with E-state index in [0.717, 1.165) is 10.7 Å². The third-order valence-corrected chi connectivity index (χ3v) is 4.10. The summed E-state index contributed by atoms with van der Waals surface area (Å²) in [5, 5.41) is 0.753. The third-order valence-electron chi connectivity index (χ3n) is 3.87. The van der Waals surface area contributed by atoms with Crippen molar-refractivity contribution in [2.24, 2.45) is 5.73 Å². The maximum absolute atomic E-state index is 6.21. The molecule has 1 aromatic heterocycles. The molecule has 0 bridgehead atoms. The minimum Gasteiger partial charge on any atom is -0.326 e. The molecule has 3 nitrogen and oxygen atoms in total. The van der Waals surface area contributed by atoms with Gasteiger partial charge in [0.25, 0.3) is 0 Å². The number of benzene rings is 1. The van der Waals surface area contributed by atoms with Crippen molar-refractivity contribution in [3.8, 4) is 0 Å². The van der Waals surface area contributed by atoms with E-state index >= 15 is 0 Å². The van der Waals surface area contributed by atoms with Crippen molar-refractivity contribution in [1.82, 2.24) is 9.88 Å². The summed E-state index contributed by atoms with van der Waals surface area (Å²) in [6.07, 6.45) is 1.81. The zero-order valence-electron chi connectivity index (χ0n) is 12.7. The lowest BCUT2D eigenvalue weighted by molar-refractivity contribution is 0.162. The van der Waals surface area contributed by atoms with E-state index in [1.165, 1.54) is 5.56 Å². The summed E-state index contributed by atoms with van der Waals surface area (Å²) in [5.74, 6) is 0. The number of aromatic nitrogens is 1. The topological polar surface area (TPSA) is 42.1 Å². The fraction of sp³-hybridized carbons (Fsp3) is 0.353. The lowest BCUT2D eigenvalue weighted by atomic mass is 10.00. The highest BCUT2D eigenvalue weighted by atomic mass is 35.5. The molecule has 0 aliphatic heterocycles. The molecule has 0 fully saturated rings. The summed E-state index contributed by atoms with van der Waals surface area (Å²) < 4.78 is 0. The molecule has 2 N–H and O–H groups in total. The van der Waals surface area contributed by atoms with Crippen molar-refractivity contribution < 1.29 is 0 Å². The molecule has 4 heteroatoms. The Kier molecular flexibility index (Phi) is 5.34. The fourth-order valence-corrected chi connectivity index (χ4v) is 2.84. The Balaban J connectivity index is 2.28. The van der Waals surface area contributed by atoms with Crippen LogP contribution >= 0.6 is 11.6 Å². The minimum atomic E-state index is -0.0217. The first-order chi connectivity index (χ1) is 10.0. The van der Waals surface area contributed by atoms with Crippen LogP contribution in [0.3, 0.4) is 0 Å². The van der Waals surface area contributed by atoms with Gasteiger partial charge < -0.3 is 5.73 Å². The first kappa shape index (κ1) is 16.0. The second kappa shape index (κ2) is 7.03. The van der Waals surface area contributed by atoms with Gasteiger partial charge in [0.15, 0.2) is 0 Å². The van der Waals surface area contributed by atoms with Gasteiger partial charge in [0, 0.05) is 23.3 Å². The SMILES string of the molecule is CC(N)C(c1ccccn1)N(C)C(C)c1cccc(Cl)c1. The Morgan fingerprint density at radius 3 is 2.48 bits per heavy atom. The van der Waals surface area contributed by atoms with Crippen molar-refractivity contribution in [3.63, 3.8) is 0 Å². The summed E-state index contributed by atoms with van der Waals surface area (Å²) in [5.41, 5.74) is 8.37. The molecule has 0 saturated carbocycles. The molecular formula is C17H22ClN3. The molecule has 2 rings (SSSR count). The zero-order valence-corrected chi connectivity index (χ0v) is 13.5. The van der Waals surface area contributed by atoms with Gasteiger partial charge in [0.1, 0.15) is 0 Å². The summed E-state index contributed by atoms with van der Waals surface area (Å²) >= 11 is 6.10. The van der Waals surface area contributed by atoms with Crippen molar-refractivity contribution in [3.05, 3.63) is 64.9 Å². The Hall–Kier alpha value is -1.42. The zero-order chi connectivity index (χ0) is 15.4. The predicted octanol–water partition coefficient (Wildman–Crippen LogP) is 3.82. The largest absolute Gasteiger partial charge is 0.326 e. The van der Waals surface area contributed by atoms with Gasteiger partial charge in [-0.05, 0) is 50.7 Å². The van der Waals surface area contributed by atoms with Crippen molar-refractivity contribution in [2.45, 2.75) is 32.0 Å². The number of hydrogen-bond acceptors (Lipinski definition) is 3. The van der Waals surface area contributed by atoms with Crippen LogP contribution in [0.2, 0.25) is 5.02 Å². The molecule has 0 radical (unpaired) electrons. The lowest BCUT2D eigenvalue weighted by Gasteiger charge is -2.35. The standard InChI is InChI=1S/C17H22ClN3/c1-12(19)17(16-9-4-5-10-20-16)21(3)13(2)14-7-6-8-15(18)11-14/h4-13,17H,19H2,1-3H3. The Morgan fingerprint density at radius 2 is 1.90 bits per heavy atom. The maximum Gasteiger partial charge on any atom is 0.0673 e. The van der Waals surface area contributed by atoms with E-state index < -0.39 is 0 Å². The molecule has 0 aliphatic rings. The van der Waals surface area contributed by atoms with E-state index in [1.54, 1.807) is 0 Å². The van der Waals surface area contributed by atoms with Gasteiger partial charge in [-0.2, -0.15) is 0 Å². The van der Waals surface area contributed by atoms with E-state index in [9.17, 15) is 0 Å². The number of likely N-dealkylation sites (N-methyl/N-ethyl adjacent to an activating group) is 1. The summed E-state index contributed by atoms with van der Waals surface area (Å²) in [6.45, 7) is 4.17. The first-order valence-electron chi connectivity index (χ1n) is 7.14. The second-order valence-corrected chi connectivity index (χ2v) is 5.89. The molecule has 0 spiro atoms. The Bertz CT molecular complexity index is 571. The predicted molar refractivity (Wildman–Crippen MR) is 88.3 cm³/mol. The Morgan fingerprint density at radius 1 is 1.14 bits per heavy atom. The van der Waals surface area contributed by atoms with Gasteiger partial charge in [-0.25, -0.2) is 0 Å². The van der Waals surface area contributed by atoms with E-state index in [0.29, 0.717) is 0 Å². The van der Waals surface area contributed by atoms with Gasteiger partial charge in [0.05, 0.1) is 11.7 Å². The number of nitrogens with zero attached hydrogens (tertiary/aromatic N) is 2. The van der Waals surface area contributed by atoms with Crippen LogP contribution in [0.15, 0.2) is 48.7 Å². The van der Waals surface area contributed by atoms with Gasteiger partial charge >= 0.3 is 0 Å². The monoisotopic (exact) mass is 303 g/mol. The van der Waals surface area contributed by atoms with Crippen LogP contribution in [0.4, 0.5) is 0 Å². The van der Waals surface area contributed by atoms with Crippen molar-refractivity contribution in [1.29, 1.82) is 0 Å². The molecule has 1 aromatic carbocycles. The molecule has 0 saturated heterocycles. The number of halogens is 1. The summed E-state index contributed by atoms with van der Waals surface area (Å²) in [7, 11) is 2.08. The van der Waals surface area contributed by atoms with E-state index in [2.05, 4.69) is 29.9 Å². The number of rotatable bonds is 5. The van der Waals surface area contributed by atoms with Crippen molar-refractivity contribution in [2.75, 3.05) is 7.05 Å². The van der Waals surface area contributed by atoms with E-state index in [1.807, 2.05) is 49.5 Å². The van der Waals surface area contributed by atoms with Crippen LogP contribution in [-0.2, 0) is 0 Å². The molecule has 3 unspecified atom stereocenters. The summed E-state index contributed by atoms with van der Waals surface area (Å²) in [6, 6.07) is 14.1. The average molecular weight is 304 g/mol. The summed E-state index contributed by atoms with van der Waals surface area (Å²) in [4.78, 5) is 6.72. The average Bonchev–Trinajstić information content (AvgIpc) is 2.47. The second-order valence-electron chi connectivity index (χ2n) is 5.46. The molecule has 2 aromatic rings. The molecule has 21 heavy (non-hydrogen) atoms. The van der Waals surface area contributed by atoms with Crippen LogP contribution in [0.25, 0.3) is 0 Å². The first-order valence-corrected chi connectivity index (χ1v) is 7.52. The van der Waals surface area contributed by atoms with Gasteiger partial charge in [-0.15, -0.1) is 0 Å². The van der Waals surface area contributed by atoms with Crippen LogP contribution in [0, 0.1) is 0 Å². The third kappa shape index (κ3) is 3.82. The number of pyridine rings is 1. The normalized spacial score (nSPS) is 15.7. The highest BCUT2D eigenvalue weighted by Gasteiger charge is 2.26. The van der Waals surface area contributed by atoms with Gasteiger partial charge in [-0.1, -0.05) is 29.8 Å². The minimum absolute atomic E-state index is 0.0217. The van der Waals surface area contributed by atoms with Crippen LogP contribution in [0.5, 0.6) is 0 Å². The van der Waals surface area contributed by atoms with Gasteiger partial charge in [-0.3, -0.25) is 9.88 Å².